The molecule has 154 valence electrons. The van der Waals surface area contributed by atoms with Gasteiger partial charge >= 0.3 is 5.97 Å². The standard InChI is InChI=1S/C24H34O4/c1-5-6-7-8-9-10-16-14-19-21(22(25)20(16)23(26)27)17-13-15(2)11-12-18(17)24(3,4)28-19/h11,14,17-18,25H,5-10,12-13H2,1-4H3,(H,26,27)/t17-,18-/m1/s1. The van der Waals surface area contributed by atoms with Crippen LogP contribution in [0.2, 0.25) is 0 Å². The van der Waals surface area contributed by atoms with Gasteiger partial charge in [-0.15, -0.1) is 0 Å². The fourth-order valence-corrected chi connectivity index (χ4v) is 5.00. The second-order valence-corrected chi connectivity index (χ2v) is 9.05. The van der Waals surface area contributed by atoms with Crippen molar-refractivity contribution in [3.63, 3.8) is 0 Å². The van der Waals surface area contributed by atoms with Crippen molar-refractivity contribution in [3.05, 3.63) is 34.4 Å². The highest BCUT2D eigenvalue weighted by Crippen LogP contribution is 2.55. The summed E-state index contributed by atoms with van der Waals surface area (Å²) in [6.07, 6.45) is 10.2. The van der Waals surface area contributed by atoms with E-state index in [1.807, 2.05) is 6.07 Å². The topological polar surface area (TPSA) is 66.8 Å². The molecule has 0 saturated carbocycles. The number of ether oxygens (including phenoxy) is 1. The predicted molar refractivity (Wildman–Crippen MR) is 111 cm³/mol. The van der Waals surface area contributed by atoms with Crippen molar-refractivity contribution in [1.29, 1.82) is 0 Å². The van der Waals surface area contributed by atoms with Gasteiger partial charge in [-0.25, -0.2) is 4.79 Å². The molecule has 2 aliphatic rings. The fraction of sp³-hybridized carbons (Fsp3) is 0.625. The Balaban J connectivity index is 1.99. The summed E-state index contributed by atoms with van der Waals surface area (Å²) in [5.41, 5.74) is 2.41. The normalized spacial score (nSPS) is 22.6. The summed E-state index contributed by atoms with van der Waals surface area (Å²) >= 11 is 0. The third-order valence-corrected chi connectivity index (χ3v) is 6.53. The summed E-state index contributed by atoms with van der Waals surface area (Å²) in [5, 5.41) is 20.9. The molecule has 0 unspecified atom stereocenters. The molecule has 28 heavy (non-hydrogen) atoms. The average Bonchev–Trinajstić information content (AvgIpc) is 2.60. The molecule has 1 heterocycles. The van der Waals surface area contributed by atoms with Gasteiger partial charge in [-0.2, -0.15) is 0 Å². The van der Waals surface area contributed by atoms with Gasteiger partial charge in [0.1, 0.15) is 22.7 Å². The number of phenols is 1. The van der Waals surface area contributed by atoms with Crippen molar-refractivity contribution < 1.29 is 19.7 Å². The van der Waals surface area contributed by atoms with E-state index in [-0.39, 0.29) is 28.7 Å². The molecule has 0 spiro atoms. The molecule has 0 amide bonds. The molecular formula is C24H34O4. The summed E-state index contributed by atoms with van der Waals surface area (Å²) in [4.78, 5) is 12.0. The largest absolute Gasteiger partial charge is 0.507 e. The van der Waals surface area contributed by atoms with Crippen LogP contribution in [0.5, 0.6) is 11.5 Å². The number of hydrogen-bond donors (Lipinski definition) is 2. The maximum Gasteiger partial charge on any atom is 0.339 e. The van der Waals surface area contributed by atoms with Crippen molar-refractivity contribution in [2.75, 3.05) is 0 Å². The smallest absolute Gasteiger partial charge is 0.339 e. The van der Waals surface area contributed by atoms with Gasteiger partial charge in [0.15, 0.2) is 0 Å². The first-order valence-corrected chi connectivity index (χ1v) is 10.7. The van der Waals surface area contributed by atoms with Gasteiger partial charge in [0.25, 0.3) is 0 Å². The first-order valence-electron chi connectivity index (χ1n) is 10.7. The van der Waals surface area contributed by atoms with E-state index in [0.29, 0.717) is 23.3 Å². The van der Waals surface area contributed by atoms with Crippen LogP contribution < -0.4 is 4.74 Å². The fourth-order valence-electron chi connectivity index (χ4n) is 5.00. The lowest BCUT2D eigenvalue weighted by Gasteiger charge is -2.47. The zero-order valence-electron chi connectivity index (χ0n) is 17.7. The highest BCUT2D eigenvalue weighted by atomic mass is 16.5. The van der Waals surface area contributed by atoms with Crippen molar-refractivity contribution in [2.45, 2.75) is 90.6 Å². The molecule has 0 fully saturated rings. The summed E-state index contributed by atoms with van der Waals surface area (Å²) in [6, 6.07) is 1.89. The van der Waals surface area contributed by atoms with E-state index in [2.05, 4.69) is 33.8 Å². The Bertz CT molecular complexity index is 775. The molecule has 0 aromatic heterocycles. The van der Waals surface area contributed by atoms with Gasteiger partial charge in [-0.3, -0.25) is 0 Å². The quantitative estimate of drug-likeness (QED) is 0.431. The van der Waals surface area contributed by atoms with E-state index in [0.717, 1.165) is 32.1 Å². The molecule has 4 heteroatoms. The second-order valence-electron chi connectivity index (χ2n) is 9.05. The lowest BCUT2D eigenvalue weighted by molar-refractivity contribution is 0.00743. The summed E-state index contributed by atoms with van der Waals surface area (Å²) in [7, 11) is 0. The van der Waals surface area contributed by atoms with E-state index in [9.17, 15) is 15.0 Å². The number of aryl methyl sites for hydroxylation is 1. The molecule has 1 aliphatic carbocycles. The minimum atomic E-state index is -1.05. The number of carboxylic acids is 1. The van der Waals surface area contributed by atoms with E-state index in [1.54, 1.807) is 0 Å². The van der Waals surface area contributed by atoms with Crippen LogP contribution in [0.4, 0.5) is 0 Å². The molecule has 0 radical (unpaired) electrons. The molecule has 0 saturated heterocycles. The monoisotopic (exact) mass is 386 g/mol. The number of allylic oxidation sites excluding steroid dienone is 2. The van der Waals surface area contributed by atoms with E-state index < -0.39 is 5.97 Å². The van der Waals surface area contributed by atoms with Crippen LogP contribution in [-0.2, 0) is 6.42 Å². The Morgan fingerprint density at radius 2 is 1.96 bits per heavy atom. The van der Waals surface area contributed by atoms with Gasteiger partial charge in [-0.1, -0.05) is 44.3 Å². The molecule has 1 aromatic rings. The molecule has 1 aliphatic heterocycles. The number of rotatable bonds is 7. The SMILES string of the molecule is CCCCCCCc1cc2c(c(O)c1C(=O)O)[C@@H]1CC(C)=CC[C@H]1C(C)(C)O2. The van der Waals surface area contributed by atoms with E-state index >= 15 is 0 Å². The van der Waals surface area contributed by atoms with Crippen LogP contribution in [0, 0.1) is 5.92 Å². The third-order valence-electron chi connectivity index (χ3n) is 6.53. The molecular weight excluding hydrogens is 352 g/mol. The number of benzene rings is 1. The minimum absolute atomic E-state index is 0.0727. The zero-order chi connectivity index (χ0) is 20.5. The maximum atomic E-state index is 12.0. The Hall–Kier alpha value is -1.97. The molecule has 1 aromatic carbocycles. The number of hydrogen-bond acceptors (Lipinski definition) is 3. The highest BCUT2D eigenvalue weighted by Gasteiger charge is 2.46. The van der Waals surface area contributed by atoms with Crippen molar-refractivity contribution in [2.24, 2.45) is 5.92 Å². The Labute approximate surface area is 168 Å². The second kappa shape index (κ2) is 8.18. The number of carboxylic acid groups (broad SMARTS) is 1. The maximum absolute atomic E-state index is 12.0. The van der Waals surface area contributed by atoms with E-state index in [1.165, 1.54) is 18.4 Å². The Kier molecular flexibility index (Phi) is 6.07. The number of aromatic carboxylic acids is 1. The predicted octanol–water partition coefficient (Wildman–Crippen LogP) is 6.21. The van der Waals surface area contributed by atoms with Crippen LogP contribution in [0.15, 0.2) is 17.7 Å². The molecule has 2 N–H and O–H groups in total. The lowest BCUT2D eigenvalue weighted by Crippen LogP contribution is -2.45. The minimum Gasteiger partial charge on any atom is -0.507 e. The number of unbranched alkanes of at least 4 members (excludes halogenated alkanes) is 4. The van der Waals surface area contributed by atoms with Crippen molar-refractivity contribution in [3.8, 4) is 11.5 Å². The summed E-state index contributed by atoms with van der Waals surface area (Å²) < 4.78 is 6.34. The van der Waals surface area contributed by atoms with Crippen LogP contribution in [0.1, 0.15) is 100 Å². The number of aromatic hydroxyl groups is 1. The number of carbonyl (C=O) groups is 1. The molecule has 4 nitrogen and oxygen atoms in total. The molecule has 3 rings (SSSR count). The first kappa shape index (κ1) is 20.8. The summed E-state index contributed by atoms with van der Waals surface area (Å²) in [6.45, 7) is 8.50. The lowest BCUT2D eigenvalue weighted by atomic mass is 9.66. The van der Waals surface area contributed by atoms with Crippen molar-refractivity contribution in [1.82, 2.24) is 0 Å². The van der Waals surface area contributed by atoms with Gasteiger partial charge in [-0.05, 0) is 58.1 Å². The van der Waals surface area contributed by atoms with E-state index in [4.69, 9.17) is 4.74 Å². The first-order chi connectivity index (χ1) is 13.3. The van der Waals surface area contributed by atoms with Crippen LogP contribution >= 0.6 is 0 Å². The zero-order valence-corrected chi connectivity index (χ0v) is 17.7. The molecule has 0 bridgehead atoms. The van der Waals surface area contributed by atoms with Gasteiger partial charge in [0.05, 0.1) is 0 Å². The van der Waals surface area contributed by atoms with Crippen LogP contribution in [0.25, 0.3) is 0 Å². The van der Waals surface area contributed by atoms with Gasteiger partial charge < -0.3 is 14.9 Å². The van der Waals surface area contributed by atoms with Crippen LogP contribution in [-0.4, -0.2) is 21.8 Å². The van der Waals surface area contributed by atoms with Crippen molar-refractivity contribution >= 4 is 5.97 Å². The third kappa shape index (κ3) is 3.92. The highest BCUT2D eigenvalue weighted by molar-refractivity contribution is 5.94. The summed E-state index contributed by atoms with van der Waals surface area (Å²) in [5.74, 6) is -0.120. The van der Waals surface area contributed by atoms with Crippen LogP contribution in [0.3, 0.4) is 0 Å². The number of fused-ring (bicyclic) bond motifs is 3. The average molecular weight is 387 g/mol. The van der Waals surface area contributed by atoms with Gasteiger partial charge in [0.2, 0.25) is 0 Å². The van der Waals surface area contributed by atoms with Gasteiger partial charge in [0, 0.05) is 17.4 Å². The Morgan fingerprint density at radius 3 is 2.64 bits per heavy atom. The molecule has 2 atom stereocenters. The Morgan fingerprint density at radius 1 is 1.25 bits per heavy atom.